The highest BCUT2D eigenvalue weighted by Crippen LogP contribution is 2.29. The van der Waals surface area contributed by atoms with Gasteiger partial charge in [-0.3, -0.25) is 4.79 Å². The van der Waals surface area contributed by atoms with Crippen molar-refractivity contribution in [1.82, 2.24) is 14.9 Å². The van der Waals surface area contributed by atoms with Gasteiger partial charge < -0.3 is 15.2 Å². The van der Waals surface area contributed by atoms with Crippen LogP contribution in [0.25, 0.3) is 0 Å². The van der Waals surface area contributed by atoms with Crippen molar-refractivity contribution in [2.75, 3.05) is 25.0 Å². The molecule has 3 aliphatic heterocycles. The lowest BCUT2D eigenvalue weighted by atomic mass is 9.84. The molecule has 104 valence electrons. The molecule has 0 saturated carbocycles. The lowest BCUT2D eigenvalue weighted by molar-refractivity contribution is 0.0973. The van der Waals surface area contributed by atoms with E-state index in [4.69, 9.17) is 0 Å². The van der Waals surface area contributed by atoms with Crippen molar-refractivity contribution in [2.24, 2.45) is 5.92 Å². The molecule has 0 amide bonds. The molecule has 3 saturated heterocycles. The average molecular weight is 262 g/mol. The zero-order chi connectivity index (χ0) is 13.4. The summed E-state index contributed by atoms with van der Waals surface area (Å²) in [6.07, 6.45) is 2.52. The van der Waals surface area contributed by atoms with Crippen LogP contribution in [0.3, 0.4) is 0 Å². The van der Waals surface area contributed by atoms with Crippen LogP contribution >= 0.6 is 0 Å². The molecule has 0 radical (unpaired) electrons. The number of anilines is 1. The third-order valence-corrected chi connectivity index (χ3v) is 4.30. The first-order valence-electron chi connectivity index (χ1n) is 7.22. The largest absolute Gasteiger partial charge is 0.366 e. The highest BCUT2D eigenvalue weighted by atomic mass is 16.1. The van der Waals surface area contributed by atoms with Crippen LogP contribution in [0.4, 0.5) is 5.82 Å². The van der Waals surface area contributed by atoms with Gasteiger partial charge in [-0.05, 0) is 31.8 Å². The van der Waals surface area contributed by atoms with Gasteiger partial charge in [-0.1, -0.05) is 13.8 Å². The molecule has 2 N–H and O–H groups in total. The molecule has 0 aromatic carbocycles. The van der Waals surface area contributed by atoms with Crippen molar-refractivity contribution in [2.45, 2.75) is 38.6 Å². The zero-order valence-corrected chi connectivity index (χ0v) is 11.6. The molecule has 0 aliphatic carbocycles. The number of rotatable bonds is 3. The summed E-state index contributed by atoms with van der Waals surface area (Å²) in [5.41, 5.74) is -0.0672. The Labute approximate surface area is 113 Å². The zero-order valence-electron chi connectivity index (χ0n) is 11.6. The lowest BCUT2D eigenvalue weighted by Crippen LogP contribution is -2.53. The Balaban J connectivity index is 1.78. The van der Waals surface area contributed by atoms with E-state index in [9.17, 15) is 4.79 Å². The summed E-state index contributed by atoms with van der Waals surface area (Å²) in [5.74, 6) is 2.46. The van der Waals surface area contributed by atoms with Crippen LogP contribution in [0.15, 0.2) is 10.9 Å². The molecule has 3 aliphatic rings. The fraction of sp³-hybridized carbons (Fsp3) is 0.714. The van der Waals surface area contributed by atoms with Gasteiger partial charge in [0, 0.05) is 24.6 Å². The summed E-state index contributed by atoms with van der Waals surface area (Å²) < 4.78 is 0. The Kier molecular flexibility index (Phi) is 3.31. The molecule has 4 heterocycles. The normalized spacial score (nSPS) is 29.7. The van der Waals surface area contributed by atoms with Crippen LogP contribution in [0.1, 0.15) is 38.4 Å². The van der Waals surface area contributed by atoms with E-state index in [1.165, 1.54) is 25.9 Å². The number of hydrogen-bond donors (Lipinski definition) is 2. The second-order valence-corrected chi connectivity index (χ2v) is 6.06. The minimum atomic E-state index is -0.0672. The summed E-state index contributed by atoms with van der Waals surface area (Å²) in [6, 6.07) is 2.01. The highest BCUT2D eigenvalue weighted by Gasteiger charge is 2.34. The SMILES string of the molecule is CC(C)c1nc(NC2CN3CCC2CC3)cc(=O)[nH]1. The van der Waals surface area contributed by atoms with E-state index >= 15 is 0 Å². The van der Waals surface area contributed by atoms with E-state index in [1.54, 1.807) is 6.07 Å². The van der Waals surface area contributed by atoms with Crippen LogP contribution in [-0.2, 0) is 0 Å². The first-order valence-corrected chi connectivity index (χ1v) is 7.22. The molecule has 1 atom stereocenters. The van der Waals surface area contributed by atoms with Crippen molar-refractivity contribution in [3.8, 4) is 0 Å². The minimum absolute atomic E-state index is 0.0672. The number of aromatic nitrogens is 2. The molecule has 3 fully saturated rings. The second kappa shape index (κ2) is 4.96. The summed E-state index contributed by atoms with van der Waals surface area (Å²) >= 11 is 0. The Morgan fingerprint density at radius 1 is 1.42 bits per heavy atom. The van der Waals surface area contributed by atoms with Crippen molar-refractivity contribution < 1.29 is 0 Å². The third kappa shape index (κ3) is 2.66. The number of H-pyrrole nitrogens is 1. The van der Waals surface area contributed by atoms with Gasteiger partial charge in [0.25, 0.3) is 5.56 Å². The van der Waals surface area contributed by atoms with Gasteiger partial charge in [-0.25, -0.2) is 4.98 Å². The number of nitrogens with zero attached hydrogens (tertiary/aromatic N) is 2. The predicted octanol–water partition coefficient (Wildman–Crippen LogP) is 1.40. The van der Waals surface area contributed by atoms with Gasteiger partial charge in [0.05, 0.1) is 0 Å². The fourth-order valence-electron chi connectivity index (χ4n) is 3.14. The maximum atomic E-state index is 11.7. The van der Waals surface area contributed by atoms with Crippen LogP contribution < -0.4 is 10.9 Å². The van der Waals surface area contributed by atoms with Crippen LogP contribution in [-0.4, -0.2) is 40.5 Å². The number of piperidine rings is 3. The van der Waals surface area contributed by atoms with Gasteiger partial charge >= 0.3 is 0 Å². The van der Waals surface area contributed by atoms with Gasteiger partial charge in [-0.2, -0.15) is 0 Å². The van der Waals surface area contributed by atoms with Gasteiger partial charge in [0.2, 0.25) is 0 Å². The summed E-state index contributed by atoms with van der Waals surface area (Å²) in [7, 11) is 0. The Hall–Kier alpha value is -1.36. The molecule has 4 rings (SSSR count). The van der Waals surface area contributed by atoms with Crippen molar-refractivity contribution in [3.63, 3.8) is 0 Å². The van der Waals surface area contributed by atoms with E-state index in [-0.39, 0.29) is 11.5 Å². The maximum absolute atomic E-state index is 11.7. The molecule has 5 nitrogen and oxygen atoms in total. The molecular formula is C14H22N4O. The molecular weight excluding hydrogens is 240 g/mol. The monoisotopic (exact) mass is 262 g/mol. The molecule has 0 spiro atoms. The average Bonchev–Trinajstić information content (AvgIpc) is 2.39. The quantitative estimate of drug-likeness (QED) is 0.864. The lowest BCUT2D eigenvalue weighted by Gasteiger charge is -2.45. The van der Waals surface area contributed by atoms with Crippen molar-refractivity contribution in [3.05, 3.63) is 22.2 Å². The number of fused-ring (bicyclic) bond motifs is 3. The number of hydrogen-bond acceptors (Lipinski definition) is 4. The molecule has 5 heteroatoms. The standard InChI is InChI=1S/C14H22N4O/c1-9(2)14-16-12(7-13(19)17-14)15-11-8-18-5-3-10(11)4-6-18/h7,9-11H,3-6,8H2,1-2H3,(H2,15,16,17,19). The smallest absolute Gasteiger partial charge is 0.252 e. The summed E-state index contributed by atoms with van der Waals surface area (Å²) in [4.78, 5) is 21.5. The first-order chi connectivity index (χ1) is 9.11. The molecule has 2 bridgehead atoms. The number of nitrogens with one attached hydrogen (secondary N) is 2. The second-order valence-electron chi connectivity index (χ2n) is 6.06. The summed E-state index contributed by atoms with van der Waals surface area (Å²) in [6.45, 7) is 7.61. The first kappa shape index (κ1) is 12.7. The molecule has 1 unspecified atom stereocenters. The third-order valence-electron chi connectivity index (χ3n) is 4.30. The predicted molar refractivity (Wildman–Crippen MR) is 75.5 cm³/mol. The van der Waals surface area contributed by atoms with E-state index in [2.05, 4.69) is 20.2 Å². The van der Waals surface area contributed by atoms with Crippen molar-refractivity contribution in [1.29, 1.82) is 0 Å². The Morgan fingerprint density at radius 3 is 2.74 bits per heavy atom. The topological polar surface area (TPSA) is 61.0 Å². The van der Waals surface area contributed by atoms with Crippen LogP contribution in [0, 0.1) is 5.92 Å². The van der Waals surface area contributed by atoms with E-state index in [0.29, 0.717) is 6.04 Å². The summed E-state index contributed by atoms with van der Waals surface area (Å²) in [5, 5.41) is 3.48. The Bertz CT molecular complexity index is 502. The molecule has 1 aromatic rings. The van der Waals surface area contributed by atoms with Crippen LogP contribution in [0.5, 0.6) is 0 Å². The molecule has 19 heavy (non-hydrogen) atoms. The van der Waals surface area contributed by atoms with Gasteiger partial charge in [0.15, 0.2) is 0 Å². The van der Waals surface area contributed by atoms with Crippen molar-refractivity contribution >= 4 is 5.82 Å². The van der Waals surface area contributed by atoms with Gasteiger partial charge in [-0.15, -0.1) is 0 Å². The fourth-order valence-corrected chi connectivity index (χ4v) is 3.14. The Morgan fingerprint density at radius 2 is 2.16 bits per heavy atom. The molecule has 1 aromatic heterocycles. The van der Waals surface area contributed by atoms with Crippen LogP contribution in [0.2, 0.25) is 0 Å². The van der Waals surface area contributed by atoms with E-state index in [0.717, 1.165) is 24.1 Å². The number of aromatic amines is 1. The maximum Gasteiger partial charge on any atom is 0.252 e. The highest BCUT2D eigenvalue weighted by molar-refractivity contribution is 5.35. The van der Waals surface area contributed by atoms with Gasteiger partial charge in [0.1, 0.15) is 11.6 Å². The minimum Gasteiger partial charge on any atom is -0.366 e. The van der Waals surface area contributed by atoms with E-state index in [1.807, 2.05) is 13.8 Å². The van der Waals surface area contributed by atoms with E-state index < -0.39 is 0 Å².